The molecule has 0 bridgehead atoms. The van der Waals surface area contributed by atoms with Crippen LogP contribution in [0.25, 0.3) is 5.52 Å². The highest BCUT2D eigenvalue weighted by Gasteiger charge is 2.24. The van der Waals surface area contributed by atoms with Crippen molar-refractivity contribution in [2.75, 3.05) is 13.1 Å². The molecule has 4 rings (SSSR count). The van der Waals surface area contributed by atoms with Gasteiger partial charge in [-0.3, -0.25) is 9.59 Å². The van der Waals surface area contributed by atoms with Gasteiger partial charge in [0.2, 0.25) is 0 Å². The number of fused-ring (bicyclic) bond motifs is 1. The molecule has 0 spiro atoms. The van der Waals surface area contributed by atoms with Crippen molar-refractivity contribution >= 4 is 17.3 Å². The molecule has 6 nitrogen and oxygen atoms in total. The fourth-order valence-electron chi connectivity index (χ4n) is 4.00. The van der Waals surface area contributed by atoms with Crippen molar-refractivity contribution in [2.24, 2.45) is 0 Å². The van der Waals surface area contributed by atoms with Crippen molar-refractivity contribution < 1.29 is 9.59 Å². The summed E-state index contributed by atoms with van der Waals surface area (Å²) >= 11 is 0. The normalized spacial score (nSPS) is 14.6. The molecule has 0 atom stereocenters. The van der Waals surface area contributed by atoms with Gasteiger partial charge >= 0.3 is 0 Å². The highest BCUT2D eigenvalue weighted by molar-refractivity contribution is 5.99. The molecule has 3 aromatic rings. The van der Waals surface area contributed by atoms with Crippen molar-refractivity contribution in [1.29, 1.82) is 0 Å². The van der Waals surface area contributed by atoms with E-state index in [-0.39, 0.29) is 11.8 Å². The molecule has 0 unspecified atom stereocenters. The third-order valence-corrected chi connectivity index (χ3v) is 5.49. The first-order valence-electron chi connectivity index (χ1n) is 10.3. The van der Waals surface area contributed by atoms with Gasteiger partial charge in [0.15, 0.2) is 5.69 Å². The molecule has 1 aliphatic carbocycles. The summed E-state index contributed by atoms with van der Waals surface area (Å²) in [5.74, 6) is 1.05. The van der Waals surface area contributed by atoms with Crippen molar-refractivity contribution in [1.82, 2.24) is 20.0 Å². The molecule has 0 radical (unpaired) electrons. The van der Waals surface area contributed by atoms with Gasteiger partial charge in [-0.1, -0.05) is 43.5 Å². The quantitative estimate of drug-likeness (QED) is 0.632. The lowest BCUT2D eigenvalue weighted by atomic mass is 9.89. The molecule has 0 aliphatic heterocycles. The Morgan fingerprint density at radius 3 is 2.34 bits per heavy atom. The highest BCUT2D eigenvalue weighted by atomic mass is 16.2. The minimum atomic E-state index is -0.204. The van der Waals surface area contributed by atoms with Crippen LogP contribution in [0.1, 0.15) is 64.7 Å². The first kappa shape index (κ1) is 19.2. The van der Waals surface area contributed by atoms with Crippen molar-refractivity contribution in [3.05, 3.63) is 71.8 Å². The van der Waals surface area contributed by atoms with Crippen LogP contribution in [0.4, 0.5) is 0 Å². The number of aromatic nitrogens is 2. The third-order valence-electron chi connectivity index (χ3n) is 5.49. The summed E-state index contributed by atoms with van der Waals surface area (Å²) in [5.41, 5.74) is 1.90. The van der Waals surface area contributed by atoms with Crippen LogP contribution in [-0.2, 0) is 0 Å². The second kappa shape index (κ2) is 8.90. The van der Waals surface area contributed by atoms with Gasteiger partial charge in [0.05, 0.1) is 5.52 Å². The Morgan fingerprint density at radius 1 is 0.897 bits per heavy atom. The highest BCUT2D eigenvalue weighted by Crippen LogP contribution is 2.33. The van der Waals surface area contributed by atoms with Crippen LogP contribution in [0.3, 0.4) is 0 Å². The maximum atomic E-state index is 12.8. The fourth-order valence-corrected chi connectivity index (χ4v) is 4.00. The number of amides is 2. The van der Waals surface area contributed by atoms with E-state index >= 15 is 0 Å². The summed E-state index contributed by atoms with van der Waals surface area (Å²) in [6.07, 6.45) is 7.95. The Bertz CT molecular complexity index is 991. The number of hydrogen-bond donors (Lipinski definition) is 2. The Hall–Kier alpha value is -3.15. The van der Waals surface area contributed by atoms with Gasteiger partial charge in [0, 0.05) is 30.8 Å². The molecular weight excluding hydrogens is 364 g/mol. The zero-order valence-electron chi connectivity index (χ0n) is 16.4. The summed E-state index contributed by atoms with van der Waals surface area (Å²) in [4.78, 5) is 29.6. The number of carbonyl (C=O) groups is 2. The molecule has 2 heterocycles. The van der Waals surface area contributed by atoms with Gasteiger partial charge in [0.1, 0.15) is 5.82 Å². The minimum Gasteiger partial charge on any atom is -0.350 e. The summed E-state index contributed by atoms with van der Waals surface area (Å²) in [6.45, 7) is 0.711. The predicted molar refractivity (Wildman–Crippen MR) is 112 cm³/mol. The number of hydrogen-bond acceptors (Lipinski definition) is 3. The standard InChI is InChI=1S/C23H26N4O2/c28-22(18-11-5-2-6-12-18)24-14-15-25-23(29)20-19-13-7-8-16-27(19)21(26-20)17-9-3-1-4-10-17/h2,5-8,11-13,16-17H,1,3-4,9-10,14-15H2,(H,24,28)(H,25,29). The van der Waals surface area contributed by atoms with E-state index in [1.54, 1.807) is 12.1 Å². The second-order valence-electron chi connectivity index (χ2n) is 7.49. The first-order chi connectivity index (χ1) is 14.2. The lowest BCUT2D eigenvalue weighted by Gasteiger charge is -2.20. The van der Waals surface area contributed by atoms with E-state index in [4.69, 9.17) is 4.98 Å². The summed E-state index contributed by atoms with van der Waals surface area (Å²) < 4.78 is 2.06. The van der Waals surface area contributed by atoms with Gasteiger partial charge in [0.25, 0.3) is 11.8 Å². The zero-order chi connectivity index (χ0) is 20.1. The SMILES string of the molecule is O=C(NCCNC(=O)c1nc(C2CCCCC2)n2ccccc12)c1ccccc1. The Morgan fingerprint density at radius 2 is 1.59 bits per heavy atom. The monoisotopic (exact) mass is 390 g/mol. The number of nitrogens with zero attached hydrogens (tertiary/aromatic N) is 2. The molecule has 1 fully saturated rings. The second-order valence-corrected chi connectivity index (χ2v) is 7.49. The Labute approximate surface area is 170 Å². The van der Waals surface area contributed by atoms with Gasteiger partial charge < -0.3 is 15.0 Å². The number of benzene rings is 1. The predicted octanol–water partition coefficient (Wildman–Crippen LogP) is 3.54. The lowest BCUT2D eigenvalue weighted by Crippen LogP contribution is -2.34. The summed E-state index contributed by atoms with van der Waals surface area (Å²) in [7, 11) is 0. The zero-order valence-corrected chi connectivity index (χ0v) is 16.4. The molecule has 29 heavy (non-hydrogen) atoms. The molecule has 2 aromatic heterocycles. The van der Waals surface area contributed by atoms with Crippen LogP contribution in [0.2, 0.25) is 0 Å². The fraction of sp³-hybridized carbons (Fsp3) is 0.348. The van der Waals surface area contributed by atoms with Crippen LogP contribution in [0, 0.1) is 0 Å². The smallest absolute Gasteiger partial charge is 0.272 e. The van der Waals surface area contributed by atoms with Gasteiger partial charge in [-0.25, -0.2) is 4.98 Å². The Balaban J connectivity index is 1.40. The van der Waals surface area contributed by atoms with E-state index in [2.05, 4.69) is 15.0 Å². The lowest BCUT2D eigenvalue weighted by molar-refractivity contribution is 0.0926. The minimum absolute atomic E-state index is 0.146. The number of carbonyl (C=O) groups excluding carboxylic acids is 2. The van der Waals surface area contributed by atoms with Gasteiger partial charge in [-0.05, 0) is 37.1 Å². The number of rotatable bonds is 6. The molecule has 1 saturated carbocycles. The van der Waals surface area contributed by atoms with Gasteiger partial charge in [-0.2, -0.15) is 0 Å². The van der Waals surface area contributed by atoms with E-state index in [0.717, 1.165) is 24.2 Å². The molecule has 1 aliphatic rings. The van der Waals surface area contributed by atoms with Crippen LogP contribution >= 0.6 is 0 Å². The van der Waals surface area contributed by atoms with E-state index < -0.39 is 0 Å². The molecule has 150 valence electrons. The molecule has 2 N–H and O–H groups in total. The van der Waals surface area contributed by atoms with Crippen molar-refractivity contribution in [2.45, 2.75) is 38.0 Å². The van der Waals surface area contributed by atoms with Crippen LogP contribution in [-0.4, -0.2) is 34.3 Å². The average Bonchev–Trinajstić information content (AvgIpc) is 3.17. The third kappa shape index (κ3) is 4.31. The maximum absolute atomic E-state index is 12.8. The molecular formula is C23H26N4O2. The summed E-state index contributed by atoms with van der Waals surface area (Å²) in [5, 5.41) is 5.71. The van der Waals surface area contributed by atoms with Crippen LogP contribution < -0.4 is 10.6 Å². The van der Waals surface area contributed by atoms with Gasteiger partial charge in [-0.15, -0.1) is 0 Å². The van der Waals surface area contributed by atoms with E-state index in [0.29, 0.717) is 30.3 Å². The number of nitrogens with one attached hydrogen (secondary N) is 2. The largest absolute Gasteiger partial charge is 0.350 e. The van der Waals surface area contributed by atoms with E-state index in [1.165, 1.54) is 19.3 Å². The van der Waals surface area contributed by atoms with E-state index in [1.807, 2.05) is 42.6 Å². The van der Waals surface area contributed by atoms with Crippen LogP contribution in [0.5, 0.6) is 0 Å². The molecule has 6 heteroatoms. The number of imidazole rings is 1. The average molecular weight is 390 g/mol. The number of pyridine rings is 1. The van der Waals surface area contributed by atoms with Crippen molar-refractivity contribution in [3.8, 4) is 0 Å². The van der Waals surface area contributed by atoms with Crippen LogP contribution in [0.15, 0.2) is 54.7 Å². The van der Waals surface area contributed by atoms with E-state index in [9.17, 15) is 9.59 Å². The Kier molecular flexibility index (Phi) is 5.89. The maximum Gasteiger partial charge on any atom is 0.272 e. The molecule has 0 saturated heterocycles. The van der Waals surface area contributed by atoms with Crippen molar-refractivity contribution in [3.63, 3.8) is 0 Å². The summed E-state index contributed by atoms with van der Waals surface area (Å²) in [6, 6.07) is 14.9. The molecule has 1 aromatic carbocycles. The molecule has 2 amide bonds. The topological polar surface area (TPSA) is 75.5 Å². The first-order valence-corrected chi connectivity index (χ1v) is 10.3.